The van der Waals surface area contributed by atoms with Gasteiger partial charge in [0.25, 0.3) is 0 Å². The number of carboxylic acids is 1. The molecule has 0 saturated carbocycles. The second kappa shape index (κ2) is 8.39. The molecule has 0 aliphatic carbocycles. The zero-order valence-corrected chi connectivity index (χ0v) is 17.0. The van der Waals surface area contributed by atoms with Gasteiger partial charge in [0.1, 0.15) is 11.1 Å². The van der Waals surface area contributed by atoms with Crippen LogP contribution in [0.2, 0.25) is 0 Å². The summed E-state index contributed by atoms with van der Waals surface area (Å²) in [4.78, 5) is 37.9. The maximum atomic E-state index is 12.5. The van der Waals surface area contributed by atoms with Gasteiger partial charge in [-0.1, -0.05) is 0 Å². The molecular formula is C20H26N4O5. The quantitative estimate of drug-likeness (QED) is 0.712. The largest absolute Gasteiger partial charge is 0.480 e. The van der Waals surface area contributed by atoms with Crippen molar-refractivity contribution in [2.45, 2.75) is 57.7 Å². The Morgan fingerprint density at radius 2 is 1.90 bits per heavy atom. The summed E-state index contributed by atoms with van der Waals surface area (Å²) in [5.41, 5.74) is -1.27. The minimum atomic E-state index is -1.51. The lowest BCUT2D eigenvalue weighted by molar-refractivity contribution is -0.152. The number of likely N-dealkylation sites (tertiary alicyclic amines) is 1. The van der Waals surface area contributed by atoms with E-state index < -0.39 is 35.3 Å². The van der Waals surface area contributed by atoms with Gasteiger partial charge in [-0.2, -0.15) is 5.26 Å². The van der Waals surface area contributed by atoms with Crippen LogP contribution in [0.3, 0.4) is 0 Å². The number of urea groups is 1. The van der Waals surface area contributed by atoms with Crippen molar-refractivity contribution < 1.29 is 24.2 Å². The monoisotopic (exact) mass is 402 g/mol. The van der Waals surface area contributed by atoms with E-state index in [1.165, 1.54) is 11.8 Å². The Morgan fingerprint density at radius 1 is 1.28 bits per heavy atom. The number of amides is 3. The molecule has 9 heteroatoms. The highest BCUT2D eigenvalue weighted by molar-refractivity contribution is 5.90. The summed E-state index contributed by atoms with van der Waals surface area (Å²) in [5.74, 6) is -1.16. The summed E-state index contributed by atoms with van der Waals surface area (Å²) in [5, 5.41) is 24.0. The van der Waals surface area contributed by atoms with E-state index in [1.54, 1.807) is 45.0 Å². The molecular weight excluding hydrogens is 376 g/mol. The molecule has 3 amide bonds. The van der Waals surface area contributed by atoms with Crippen LogP contribution in [0.25, 0.3) is 0 Å². The van der Waals surface area contributed by atoms with E-state index in [-0.39, 0.29) is 13.0 Å². The molecule has 1 aromatic rings. The Kier molecular flexibility index (Phi) is 6.37. The van der Waals surface area contributed by atoms with Gasteiger partial charge >= 0.3 is 18.1 Å². The number of ether oxygens (including phenoxy) is 1. The van der Waals surface area contributed by atoms with Gasteiger partial charge in [0, 0.05) is 24.7 Å². The van der Waals surface area contributed by atoms with Crippen molar-refractivity contribution in [1.29, 1.82) is 5.26 Å². The number of carbonyl (C=O) groups is 3. The second-order valence-electron chi connectivity index (χ2n) is 8.19. The fourth-order valence-corrected chi connectivity index (χ4v) is 3.14. The molecule has 0 spiro atoms. The molecule has 2 rings (SSSR count). The van der Waals surface area contributed by atoms with Gasteiger partial charge in [0.15, 0.2) is 0 Å². The zero-order chi connectivity index (χ0) is 21.8. The van der Waals surface area contributed by atoms with Crippen molar-refractivity contribution in [3.05, 3.63) is 29.8 Å². The number of nitriles is 1. The van der Waals surface area contributed by atoms with E-state index in [0.717, 1.165) is 0 Å². The molecule has 2 atom stereocenters. The SMILES string of the molecule is CC(C)(C)OC(=O)N1CC[C@@H](NC(=O)Nc2ccc(C#N)cc2)C[C@]1(C)C(=O)O. The van der Waals surface area contributed by atoms with E-state index in [9.17, 15) is 19.5 Å². The molecule has 1 aromatic carbocycles. The normalized spacial score (nSPS) is 21.6. The molecule has 1 aliphatic rings. The first-order chi connectivity index (χ1) is 13.4. The summed E-state index contributed by atoms with van der Waals surface area (Å²) in [6.45, 7) is 6.73. The number of hydrogen-bond acceptors (Lipinski definition) is 5. The first kappa shape index (κ1) is 22.0. The van der Waals surface area contributed by atoms with E-state index >= 15 is 0 Å². The molecule has 0 bridgehead atoms. The lowest BCUT2D eigenvalue weighted by Crippen LogP contribution is -2.63. The first-order valence-electron chi connectivity index (χ1n) is 9.26. The van der Waals surface area contributed by atoms with E-state index in [4.69, 9.17) is 10.00 Å². The number of nitrogens with zero attached hydrogens (tertiary/aromatic N) is 2. The number of carbonyl (C=O) groups excluding carboxylic acids is 2. The molecule has 1 aliphatic heterocycles. The van der Waals surface area contributed by atoms with Crippen molar-refractivity contribution >= 4 is 23.8 Å². The average molecular weight is 402 g/mol. The molecule has 0 unspecified atom stereocenters. The van der Waals surface area contributed by atoms with Crippen LogP contribution in [-0.2, 0) is 9.53 Å². The van der Waals surface area contributed by atoms with Gasteiger partial charge < -0.3 is 20.5 Å². The van der Waals surface area contributed by atoms with Crippen LogP contribution in [0, 0.1) is 11.3 Å². The molecule has 0 radical (unpaired) electrons. The van der Waals surface area contributed by atoms with Crippen LogP contribution in [0.15, 0.2) is 24.3 Å². The Labute approximate surface area is 169 Å². The number of benzene rings is 1. The van der Waals surface area contributed by atoms with Crippen molar-refractivity contribution in [2.24, 2.45) is 0 Å². The average Bonchev–Trinajstić information content (AvgIpc) is 2.60. The lowest BCUT2D eigenvalue weighted by atomic mass is 9.85. The molecule has 156 valence electrons. The molecule has 29 heavy (non-hydrogen) atoms. The summed E-state index contributed by atoms with van der Waals surface area (Å²) in [6, 6.07) is 7.43. The molecule has 3 N–H and O–H groups in total. The van der Waals surface area contributed by atoms with Gasteiger partial charge in [-0.05, 0) is 58.4 Å². The number of piperidine rings is 1. The maximum Gasteiger partial charge on any atom is 0.411 e. The van der Waals surface area contributed by atoms with Crippen molar-refractivity contribution in [3.63, 3.8) is 0 Å². The first-order valence-corrected chi connectivity index (χ1v) is 9.26. The third-order valence-electron chi connectivity index (χ3n) is 4.62. The predicted molar refractivity (Wildman–Crippen MR) is 105 cm³/mol. The number of nitrogens with one attached hydrogen (secondary N) is 2. The summed E-state index contributed by atoms with van der Waals surface area (Å²) in [6.07, 6.45) is -0.256. The smallest absolute Gasteiger partial charge is 0.411 e. The Morgan fingerprint density at radius 3 is 2.41 bits per heavy atom. The maximum absolute atomic E-state index is 12.5. The highest BCUT2D eigenvalue weighted by Gasteiger charge is 2.48. The molecule has 1 fully saturated rings. The van der Waals surface area contributed by atoms with E-state index in [2.05, 4.69) is 10.6 Å². The standard InChI is InChI=1S/C20H26N4O5/c1-19(2,3)29-18(28)24-10-9-15(11-20(24,4)16(25)26)23-17(27)22-14-7-5-13(12-21)6-8-14/h5-8,15H,9-11H2,1-4H3,(H,25,26)(H2,22,23,27)/t15-,20-/m1/s1. The van der Waals surface area contributed by atoms with E-state index in [0.29, 0.717) is 17.7 Å². The van der Waals surface area contributed by atoms with Gasteiger partial charge in [-0.25, -0.2) is 14.4 Å². The summed E-state index contributed by atoms with van der Waals surface area (Å²) >= 11 is 0. The lowest BCUT2D eigenvalue weighted by Gasteiger charge is -2.44. The Bertz CT molecular complexity index is 825. The van der Waals surface area contributed by atoms with Gasteiger partial charge in [0.2, 0.25) is 0 Å². The molecule has 1 saturated heterocycles. The van der Waals surface area contributed by atoms with E-state index in [1.807, 2.05) is 6.07 Å². The highest BCUT2D eigenvalue weighted by atomic mass is 16.6. The molecule has 1 heterocycles. The number of aliphatic carboxylic acids is 1. The number of anilines is 1. The number of carboxylic acid groups (broad SMARTS) is 1. The van der Waals surface area contributed by atoms with Crippen LogP contribution in [-0.4, -0.2) is 51.8 Å². The number of hydrogen-bond donors (Lipinski definition) is 3. The third kappa shape index (κ3) is 5.60. The minimum Gasteiger partial charge on any atom is -0.480 e. The van der Waals surface area contributed by atoms with Crippen LogP contribution in [0.4, 0.5) is 15.3 Å². The van der Waals surface area contributed by atoms with Crippen molar-refractivity contribution in [1.82, 2.24) is 10.2 Å². The zero-order valence-electron chi connectivity index (χ0n) is 17.0. The molecule has 9 nitrogen and oxygen atoms in total. The van der Waals surface area contributed by atoms with Gasteiger partial charge in [-0.3, -0.25) is 4.90 Å². The summed E-state index contributed by atoms with van der Waals surface area (Å²) < 4.78 is 5.34. The van der Waals surface area contributed by atoms with Gasteiger partial charge in [-0.15, -0.1) is 0 Å². The Balaban J connectivity index is 2.03. The topological polar surface area (TPSA) is 132 Å². The minimum absolute atomic E-state index is 0.0440. The molecule has 0 aromatic heterocycles. The Hall–Kier alpha value is -3.28. The third-order valence-corrected chi connectivity index (χ3v) is 4.62. The van der Waals surface area contributed by atoms with Crippen molar-refractivity contribution in [3.8, 4) is 6.07 Å². The fourth-order valence-electron chi connectivity index (χ4n) is 3.14. The highest BCUT2D eigenvalue weighted by Crippen LogP contribution is 2.30. The van der Waals surface area contributed by atoms with Gasteiger partial charge in [0.05, 0.1) is 11.6 Å². The number of rotatable bonds is 3. The van der Waals surface area contributed by atoms with Crippen molar-refractivity contribution in [2.75, 3.05) is 11.9 Å². The second-order valence-corrected chi connectivity index (χ2v) is 8.19. The van der Waals surface area contributed by atoms with Crippen LogP contribution in [0.5, 0.6) is 0 Å². The fraction of sp³-hybridized carbons (Fsp3) is 0.500. The van der Waals surface area contributed by atoms with Crippen LogP contribution in [0.1, 0.15) is 46.1 Å². The van der Waals surface area contributed by atoms with Crippen LogP contribution >= 0.6 is 0 Å². The van der Waals surface area contributed by atoms with Crippen LogP contribution < -0.4 is 10.6 Å². The predicted octanol–water partition coefficient (Wildman–Crippen LogP) is 2.92. The summed E-state index contributed by atoms with van der Waals surface area (Å²) in [7, 11) is 0.